The van der Waals surface area contributed by atoms with Crippen molar-refractivity contribution in [2.45, 2.75) is 64.3 Å². The molecule has 0 radical (unpaired) electrons. The standard InChI is InChI=1S/C17H27NO/c1-3-5-6-10-17(9-4-2)13-19-16-8-7-14(12-18)11-15(16)17/h7-8,11H,3-6,9-10,12-13,18H2,1-2H3. The third-order valence-electron chi connectivity index (χ3n) is 4.34. The smallest absolute Gasteiger partial charge is 0.123 e. The van der Waals surface area contributed by atoms with E-state index in [1.54, 1.807) is 0 Å². The Labute approximate surface area is 117 Å². The Hall–Kier alpha value is -1.02. The quantitative estimate of drug-likeness (QED) is 0.748. The molecule has 0 fully saturated rings. The van der Waals surface area contributed by atoms with E-state index in [0.717, 1.165) is 12.4 Å². The molecule has 2 heteroatoms. The van der Waals surface area contributed by atoms with Crippen LogP contribution in [0.4, 0.5) is 0 Å². The van der Waals surface area contributed by atoms with Crippen LogP contribution in [0.5, 0.6) is 5.75 Å². The van der Waals surface area contributed by atoms with Crippen molar-refractivity contribution in [3.8, 4) is 5.75 Å². The normalized spacial score (nSPS) is 21.2. The molecule has 1 aliphatic rings. The molecule has 0 saturated heterocycles. The predicted molar refractivity (Wildman–Crippen MR) is 80.6 cm³/mol. The predicted octanol–water partition coefficient (Wildman–Crippen LogP) is 4.16. The molecule has 1 unspecified atom stereocenters. The van der Waals surface area contributed by atoms with Crippen molar-refractivity contribution in [1.29, 1.82) is 0 Å². The molecule has 0 aliphatic carbocycles. The molecule has 2 rings (SSSR count). The van der Waals surface area contributed by atoms with E-state index >= 15 is 0 Å². The van der Waals surface area contributed by atoms with Crippen LogP contribution in [-0.4, -0.2) is 6.61 Å². The SMILES string of the molecule is CCCCCC1(CCC)COc2ccc(CN)cc21. The lowest BCUT2D eigenvalue weighted by Crippen LogP contribution is -2.28. The fourth-order valence-corrected chi connectivity index (χ4v) is 3.27. The van der Waals surface area contributed by atoms with Crippen LogP contribution in [0.2, 0.25) is 0 Å². The molecule has 1 atom stereocenters. The Morgan fingerprint density at radius 2 is 2.00 bits per heavy atom. The molecule has 1 aromatic carbocycles. The molecule has 1 aliphatic heterocycles. The van der Waals surface area contributed by atoms with Gasteiger partial charge in [0.2, 0.25) is 0 Å². The van der Waals surface area contributed by atoms with Gasteiger partial charge in [0.1, 0.15) is 5.75 Å². The van der Waals surface area contributed by atoms with Gasteiger partial charge in [0.05, 0.1) is 6.61 Å². The summed E-state index contributed by atoms with van der Waals surface area (Å²) in [6.45, 7) is 6.00. The molecule has 106 valence electrons. The van der Waals surface area contributed by atoms with Crippen LogP contribution >= 0.6 is 0 Å². The Morgan fingerprint density at radius 1 is 1.16 bits per heavy atom. The van der Waals surface area contributed by atoms with Crippen molar-refractivity contribution in [3.05, 3.63) is 29.3 Å². The summed E-state index contributed by atoms with van der Waals surface area (Å²) in [5.41, 5.74) is 8.66. The van der Waals surface area contributed by atoms with Crippen molar-refractivity contribution in [2.75, 3.05) is 6.61 Å². The first-order valence-corrected chi connectivity index (χ1v) is 7.72. The highest BCUT2D eigenvalue weighted by Gasteiger charge is 2.39. The minimum Gasteiger partial charge on any atom is -0.492 e. The molecule has 0 amide bonds. The highest BCUT2D eigenvalue weighted by Crippen LogP contribution is 2.45. The molecule has 0 saturated carbocycles. The molecule has 2 N–H and O–H groups in total. The van der Waals surface area contributed by atoms with Crippen molar-refractivity contribution in [1.82, 2.24) is 0 Å². The van der Waals surface area contributed by atoms with E-state index in [2.05, 4.69) is 32.0 Å². The maximum atomic E-state index is 5.96. The van der Waals surface area contributed by atoms with Crippen LogP contribution in [0.15, 0.2) is 18.2 Å². The van der Waals surface area contributed by atoms with Gasteiger partial charge in [-0.15, -0.1) is 0 Å². The Balaban J connectivity index is 2.26. The molecule has 1 aromatic rings. The maximum absolute atomic E-state index is 5.96. The van der Waals surface area contributed by atoms with E-state index < -0.39 is 0 Å². The largest absolute Gasteiger partial charge is 0.492 e. The Bertz CT molecular complexity index is 412. The number of benzene rings is 1. The summed E-state index contributed by atoms with van der Waals surface area (Å²) in [6, 6.07) is 6.48. The van der Waals surface area contributed by atoms with Crippen molar-refractivity contribution in [3.63, 3.8) is 0 Å². The van der Waals surface area contributed by atoms with Gasteiger partial charge < -0.3 is 10.5 Å². The molecule has 19 heavy (non-hydrogen) atoms. The van der Waals surface area contributed by atoms with Gasteiger partial charge in [0, 0.05) is 17.5 Å². The fraction of sp³-hybridized carbons (Fsp3) is 0.647. The number of unbranched alkanes of at least 4 members (excludes halogenated alkanes) is 2. The number of hydrogen-bond donors (Lipinski definition) is 1. The monoisotopic (exact) mass is 261 g/mol. The van der Waals surface area contributed by atoms with Crippen molar-refractivity contribution in [2.24, 2.45) is 5.73 Å². The summed E-state index contributed by atoms with van der Waals surface area (Å²) in [5.74, 6) is 1.09. The first kappa shape index (κ1) is 14.4. The minimum atomic E-state index is 0.241. The Kier molecular flexibility index (Phi) is 4.87. The summed E-state index contributed by atoms with van der Waals surface area (Å²) in [4.78, 5) is 0. The number of rotatable bonds is 7. The van der Waals surface area contributed by atoms with Crippen molar-refractivity contribution < 1.29 is 4.74 Å². The Morgan fingerprint density at radius 3 is 2.68 bits per heavy atom. The average molecular weight is 261 g/mol. The van der Waals surface area contributed by atoms with E-state index in [0.29, 0.717) is 6.54 Å². The van der Waals surface area contributed by atoms with E-state index in [4.69, 9.17) is 10.5 Å². The van der Waals surface area contributed by atoms with Crippen LogP contribution in [0.25, 0.3) is 0 Å². The third-order valence-corrected chi connectivity index (χ3v) is 4.34. The van der Waals surface area contributed by atoms with Gasteiger partial charge in [-0.05, 0) is 24.5 Å². The lowest BCUT2D eigenvalue weighted by Gasteiger charge is -2.28. The molecule has 1 heterocycles. The van der Waals surface area contributed by atoms with Crippen molar-refractivity contribution >= 4 is 0 Å². The molecular formula is C17H27NO. The maximum Gasteiger partial charge on any atom is 0.123 e. The van der Waals surface area contributed by atoms with Crippen LogP contribution in [0.1, 0.15) is 63.5 Å². The number of fused-ring (bicyclic) bond motifs is 1. The number of hydrogen-bond acceptors (Lipinski definition) is 2. The minimum absolute atomic E-state index is 0.241. The van der Waals surface area contributed by atoms with E-state index in [1.165, 1.54) is 49.7 Å². The first-order chi connectivity index (χ1) is 9.25. The first-order valence-electron chi connectivity index (χ1n) is 7.72. The molecule has 0 aromatic heterocycles. The lowest BCUT2D eigenvalue weighted by molar-refractivity contribution is 0.236. The number of ether oxygens (including phenoxy) is 1. The van der Waals surface area contributed by atoms with E-state index in [1.807, 2.05) is 0 Å². The fourth-order valence-electron chi connectivity index (χ4n) is 3.27. The molecule has 2 nitrogen and oxygen atoms in total. The topological polar surface area (TPSA) is 35.2 Å². The summed E-state index contributed by atoms with van der Waals surface area (Å²) in [5, 5.41) is 0. The molecule has 0 spiro atoms. The highest BCUT2D eigenvalue weighted by molar-refractivity contribution is 5.46. The van der Waals surface area contributed by atoms with Crippen LogP contribution in [-0.2, 0) is 12.0 Å². The summed E-state index contributed by atoms with van der Waals surface area (Å²) >= 11 is 0. The van der Waals surface area contributed by atoms with Crippen LogP contribution in [0, 0.1) is 0 Å². The summed E-state index contributed by atoms with van der Waals surface area (Å²) in [6.07, 6.45) is 7.57. The zero-order valence-corrected chi connectivity index (χ0v) is 12.4. The van der Waals surface area contributed by atoms with Gasteiger partial charge in [-0.3, -0.25) is 0 Å². The average Bonchev–Trinajstić information content (AvgIpc) is 2.78. The van der Waals surface area contributed by atoms with Gasteiger partial charge in [0.15, 0.2) is 0 Å². The second kappa shape index (κ2) is 6.42. The summed E-state index contributed by atoms with van der Waals surface area (Å²) in [7, 11) is 0. The van der Waals surface area contributed by atoms with E-state index in [9.17, 15) is 0 Å². The van der Waals surface area contributed by atoms with Gasteiger partial charge in [-0.1, -0.05) is 51.7 Å². The zero-order chi connectivity index (χ0) is 13.7. The number of nitrogens with two attached hydrogens (primary N) is 1. The van der Waals surface area contributed by atoms with E-state index in [-0.39, 0.29) is 5.41 Å². The van der Waals surface area contributed by atoms with Gasteiger partial charge in [-0.25, -0.2) is 0 Å². The van der Waals surface area contributed by atoms with Gasteiger partial charge in [-0.2, -0.15) is 0 Å². The lowest BCUT2D eigenvalue weighted by atomic mass is 9.74. The highest BCUT2D eigenvalue weighted by atomic mass is 16.5. The second-order valence-electron chi connectivity index (χ2n) is 5.81. The van der Waals surface area contributed by atoms with Crippen LogP contribution in [0.3, 0.4) is 0 Å². The molecule has 0 bridgehead atoms. The summed E-state index contributed by atoms with van der Waals surface area (Å²) < 4.78 is 5.96. The zero-order valence-electron chi connectivity index (χ0n) is 12.4. The van der Waals surface area contributed by atoms with Gasteiger partial charge in [0.25, 0.3) is 0 Å². The molecular weight excluding hydrogens is 234 g/mol. The third kappa shape index (κ3) is 2.94. The second-order valence-corrected chi connectivity index (χ2v) is 5.81. The van der Waals surface area contributed by atoms with Gasteiger partial charge >= 0.3 is 0 Å². The van der Waals surface area contributed by atoms with Crippen LogP contribution < -0.4 is 10.5 Å².